The lowest BCUT2D eigenvalue weighted by atomic mass is 9.91. The first-order chi connectivity index (χ1) is 10.4. The van der Waals surface area contributed by atoms with Crippen molar-refractivity contribution in [1.29, 1.82) is 0 Å². The SMILES string of the molecule is c1onnc1C1CCCCCCN1C1CCCCCCC1. The molecule has 0 spiro atoms. The molecule has 4 nitrogen and oxygen atoms in total. The van der Waals surface area contributed by atoms with E-state index < -0.39 is 0 Å². The predicted octanol–water partition coefficient (Wildman–Crippen LogP) is 4.49. The van der Waals surface area contributed by atoms with Crippen molar-refractivity contribution >= 4 is 0 Å². The second-order valence-electron chi connectivity index (χ2n) is 6.79. The van der Waals surface area contributed by atoms with Gasteiger partial charge in [-0.05, 0) is 32.2 Å². The minimum absolute atomic E-state index is 0.431. The van der Waals surface area contributed by atoms with Crippen LogP contribution in [0.15, 0.2) is 10.8 Å². The molecule has 0 bridgehead atoms. The lowest BCUT2D eigenvalue weighted by molar-refractivity contribution is 0.0911. The molecule has 3 rings (SSSR count). The highest BCUT2D eigenvalue weighted by atomic mass is 16.5. The Bertz CT molecular complexity index is 385. The summed E-state index contributed by atoms with van der Waals surface area (Å²) < 4.78 is 5.03. The molecule has 1 aliphatic carbocycles. The summed E-state index contributed by atoms with van der Waals surface area (Å²) in [7, 11) is 0. The van der Waals surface area contributed by atoms with Crippen molar-refractivity contribution in [2.24, 2.45) is 0 Å². The molecule has 1 saturated heterocycles. The fourth-order valence-electron chi connectivity index (χ4n) is 4.15. The van der Waals surface area contributed by atoms with Crippen molar-refractivity contribution in [1.82, 2.24) is 15.3 Å². The van der Waals surface area contributed by atoms with Crippen LogP contribution in [0.25, 0.3) is 0 Å². The molecule has 118 valence electrons. The highest BCUT2D eigenvalue weighted by Crippen LogP contribution is 2.33. The van der Waals surface area contributed by atoms with E-state index in [4.69, 9.17) is 4.52 Å². The van der Waals surface area contributed by atoms with E-state index in [-0.39, 0.29) is 0 Å². The van der Waals surface area contributed by atoms with E-state index in [1.165, 1.54) is 83.6 Å². The van der Waals surface area contributed by atoms with Crippen LogP contribution in [-0.2, 0) is 0 Å². The Labute approximate surface area is 128 Å². The van der Waals surface area contributed by atoms with E-state index in [0.29, 0.717) is 6.04 Å². The minimum atomic E-state index is 0.431. The van der Waals surface area contributed by atoms with Crippen molar-refractivity contribution in [3.05, 3.63) is 12.0 Å². The minimum Gasteiger partial charge on any atom is -0.345 e. The van der Waals surface area contributed by atoms with Gasteiger partial charge in [-0.2, -0.15) is 0 Å². The zero-order valence-electron chi connectivity index (χ0n) is 13.2. The van der Waals surface area contributed by atoms with Gasteiger partial charge in [-0.15, -0.1) is 5.10 Å². The van der Waals surface area contributed by atoms with Crippen molar-refractivity contribution in [3.8, 4) is 0 Å². The first kappa shape index (κ1) is 15.0. The number of hydrogen-bond donors (Lipinski definition) is 0. The summed E-state index contributed by atoms with van der Waals surface area (Å²) >= 11 is 0. The van der Waals surface area contributed by atoms with Gasteiger partial charge in [0.15, 0.2) is 0 Å². The Balaban J connectivity index is 1.75. The number of aromatic nitrogens is 2. The van der Waals surface area contributed by atoms with Crippen LogP contribution < -0.4 is 0 Å². The zero-order valence-corrected chi connectivity index (χ0v) is 13.2. The van der Waals surface area contributed by atoms with Crippen LogP contribution >= 0.6 is 0 Å². The standard InChI is InChI=1S/C17H29N3O/c1-2-6-10-15(11-7-3-1)20-13-9-5-4-8-12-17(20)16-14-21-19-18-16/h14-15,17H,1-13H2. The summed E-state index contributed by atoms with van der Waals surface area (Å²) in [5.74, 6) is 0. The fraction of sp³-hybridized carbons (Fsp3) is 0.882. The molecule has 1 aliphatic heterocycles. The molecule has 0 amide bonds. The molecule has 2 aliphatic rings. The van der Waals surface area contributed by atoms with E-state index in [2.05, 4.69) is 15.3 Å². The lowest BCUT2D eigenvalue weighted by Gasteiger charge is -2.39. The van der Waals surface area contributed by atoms with Gasteiger partial charge in [-0.3, -0.25) is 4.90 Å². The van der Waals surface area contributed by atoms with Gasteiger partial charge in [-0.1, -0.05) is 51.4 Å². The van der Waals surface area contributed by atoms with Gasteiger partial charge in [-0.25, -0.2) is 0 Å². The zero-order chi connectivity index (χ0) is 14.3. The third kappa shape index (κ3) is 4.06. The second-order valence-corrected chi connectivity index (χ2v) is 6.79. The third-order valence-electron chi connectivity index (χ3n) is 5.31. The Morgan fingerprint density at radius 3 is 2.24 bits per heavy atom. The monoisotopic (exact) mass is 291 g/mol. The number of hydrogen-bond acceptors (Lipinski definition) is 4. The molecule has 0 aromatic carbocycles. The first-order valence-electron chi connectivity index (χ1n) is 8.98. The van der Waals surface area contributed by atoms with Crippen LogP contribution in [0.2, 0.25) is 0 Å². The largest absolute Gasteiger partial charge is 0.345 e. The maximum Gasteiger partial charge on any atom is 0.149 e. The molecule has 1 aromatic rings. The summed E-state index contributed by atoms with van der Waals surface area (Å²) in [5, 5.41) is 7.95. The maximum atomic E-state index is 5.03. The summed E-state index contributed by atoms with van der Waals surface area (Å²) in [6, 6.07) is 1.17. The van der Waals surface area contributed by atoms with Crippen molar-refractivity contribution in [2.75, 3.05) is 6.54 Å². The van der Waals surface area contributed by atoms with E-state index in [0.717, 1.165) is 11.7 Å². The molecule has 1 saturated carbocycles. The van der Waals surface area contributed by atoms with E-state index in [9.17, 15) is 0 Å². The van der Waals surface area contributed by atoms with Crippen LogP contribution in [0.4, 0.5) is 0 Å². The lowest BCUT2D eigenvalue weighted by Crippen LogP contribution is -2.40. The van der Waals surface area contributed by atoms with Crippen LogP contribution in [0, 0.1) is 0 Å². The van der Waals surface area contributed by atoms with Crippen LogP contribution in [-0.4, -0.2) is 27.9 Å². The first-order valence-corrected chi connectivity index (χ1v) is 8.98. The quantitative estimate of drug-likeness (QED) is 0.805. The van der Waals surface area contributed by atoms with Crippen LogP contribution in [0.1, 0.15) is 88.8 Å². The molecular formula is C17H29N3O. The average Bonchev–Trinajstić information content (AvgIpc) is 2.93. The molecule has 0 N–H and O–H groups in total. The predicted molar refractivity (Wildman–Crippen MR) is 82.9 cm³/mol. The number of nitrogens with zero attached hydrogens (tertiary/aromatic N) is 3. The molecule has 0 radical (unpaired) electrons. The summed E-state index contributed by atoms with van der Waals surface area (Å²) in [6.45, 7) is 1.22. The summed E-state index contributed by atoms with van der Waals surface area (Å²) in [4.78, 5) is 2.75. The molecule has 2 heterocycles. The Morgan fingerprint density at radius 1 is 0.857 bits per heavy atom. The van der Waals surface area contributed by atoms with E-state index in [1.54, 1.807) is 6.26 Å². The van der Waals surface area contributed by atoms with Gasteiger partial charge < -0.3 is 4.52 Å². The van der Waals surface area contributed by atoms with Gasteiger partial charge >= 0.3 is 0 Å². The molecule has 1 unspecified atom stereocenters. The molecule has 21 heavy (non-hydrogen) atoms. The molecule has 4 heteroatoms. The molecular weight excluding hydrogens is 262 g/mol. The molecule has 2 fully saturated rings. The van der Waals surface area contributed by atoms with E-state index >= 15 is 0 Å². The fourth-order valence-corrected chi connectivity index (χ4v) is 4.15. The number of likely N-dealkylation sites (tertiary alicyclic amines) is 1. The Hall–Kier alpha value is -0.900. The Kier molecular flexibility index (Phi) is 5.67. The van der Waals surface area contributed by atoms with Gasteiger partial charge in [0.25, 0.3) is 0 Å². The van der Waals surface area contributed by atoms with Crippen molar-refractivity contribution in [3.63, 3.8) is 0 Å². The summed E-state index contributed by atoms with van der Waals surface area (Å²) in [5.41, 5.74) is 1.05. The van der Waals surface area contributed by atoms with Gasteiger partial charge in [0.1, 0.15) is 12.0 Å². The van der Waals surface area contributed by atoms with E-state index in [1.807, 2.05) is 0 Å². The maximum absolute atomic E-state index is 5.03. The van der Waals surface area contributed by atoms with Crippen LogP contribution in [0.3, 0.4) is 0 Å². The second kappa shape index (κ2) is 7.92. The topological polar surface area (TPSA) is 42.2 Å². The smallest absolute Gasteiger partial charge is 0.149 e. The van der Waals surface area contributed by atoms with Crippen molar-refractivity contribution < 1.29 is 4.52 Å². The highest BCUT2D eigenvalue weighted by molar-refractivity contribution is 5.00. The van der Waals surface area contributed by atoms with Crippen molar-refractivity contribution in [2.45, 2.75) is 89.1 Å². The van der Waals surface area contributed by atoms with Gasteiger partial charge in [0.2, 0.25) is 0 Å². The third-order valence-corrected chi connectivity index (χ3v) is 5.31. The highest BCUT2D eigenvalue weighted by Gasteiger charge is 2.30. The number of rotatable bonds is 2. The van der Waals surface area contributed by atoms with Gasteiger partial charge in [0, 0.05) is 11.3 Å². The van der Waals surface area contributed by atoms with Crippen LogP contribution in [0.5, 0.6) is 0 Å². The van der Waals surface area contributed by atoms with Gasteiger partial charge in [0.05, 0.1) is 6.04 Å². The summed E-state index contributed by atoms with van der Waals surface area (Å²) in [6.07, 6.45) is 18.1. The Morgan fingerprint density at radius 2 is 1.52 bits per heavy atom. The molecule has 1 aromatic heterocycles. The average molecular weight is 291 g/mol. The normalized spacial score (nSPS) is 27.5. The molecule has 1 atom stereocenters.